The lowest BCUT2D eigenvalue weighted by Gasteiger charge is -2.12. The fourth-order valence-electron chi connectivity index (χ4n) is 3.26. The van der Waals surface area contributed by atoms with Crippen molar-refractivity contribution in [3.05, 3.63) is 87.0 Å². The maximum Gasteiger partial charge on any atom is 0.311 e. The maximum absolute atomic E-state index is 13.3. The van der Waals surface area contributed by atoms with Gasteiger partial charge in [-0.05, 0) is 42.8 Å². The Bertz CT molecular complexity index is 1380. The summed E-state index contributed by atoms with van der Waals surface area (Å²) in [5.41, 5.74) is 0.942. The number of esters is 1. The number of hydrogen-bond donors (Lipinski definition) is 1. The van der Waals surface area contributed by atoms with Gasteiger partial charge < -0.3 is 4.74 Å². The van der Waals surface area contributed by atoms with E-state index in [0.717, 1.165) is 11.3 Å². The highest BCUT2D eigenvalue weighted by molar-refractivity contribution is 7.14. The highest BCUT2D eigenvalue weighted by Gasteiger charge is 2.18. The van der Waals surface area contributed by atoms with Gasteiger partial charge in [0.2, 0.25) is 0 Å². The van der Waals surface area contributed by atoms with E-state index in [1.54, 1.807) is 42.8 Å². The minimum atomic E-state index is -0.629. The lowest BCUT2D eigenvalue weighted by atomic mass is 10.1. The number of halogens is 1. The number of pyridine rings is 2. The molecular weight excluding hydrogens is 447 g/mol. The molecule has 0 spiro atoms. The van der Waals surface area contributed by atoms with Crippen LogP contribution in [-0.4, -0.2) is 33.0 Å². The van der Waals surface area contributed by atoms with Crippen LogP contribution in [0.2, 0.25) is 0 Å². The number of fused-ring (bicyclic) bond motifs is 1. The third-order valence-electron chi connectivity index (χ3n) is 4.75. The van der Waals surface area contributed by atoms with Gasteiger partial charge in [-0.2, -0.15) is 0 Å². The van der Waals surface area contributed by atoms with E-state index in [1.165, 1.54) is 22.8 Å². The Hall–Kier alpha value is -3.92. The van der Waals surface area contributed by atoms with Gasteiger partial charge in [0.1, 0.15) is 17.0 Å². The van der Waals surface area contributed by atoms with E-state index in [4.69, 9.17) is 4.74 Å². The smallest absolute Gasteiger partial charge is 0.311 e. The summed E-state index contributed by atoms with van der Waals surface area (Å²) < 4.78 is 19.6. The lowest BCUT2D eigenvalue weighted by Crippen LogP contribution is -2.30. The van der Waals surface area contributed by atoms with Gasteiger partial charge in [-0.1, -0.05) is 12.1 Å². The Morgan fingerprint density at radius 2 is 2.00 bits per heavy atom. The third-order valence-corrected chi connectivity index (χ3v) is 5.56. The van der Waals surface area contributed by atoms with Crippen molar-refractivity contribution in [2.24, 2.45) is 0 Å². The summed E-state index contributed by atoms with van der Waals surface area (Å²) in [7, 11) is 0. The Kier molecular flexibility index (Phi) is 6.55. The number of benzene rings is 1. The molecule has 3 heterocycles. The molecular formula is C23H19FN4O4S. The number of carbonyl (C=O) groups excluding carboxylic acids is 2. The number of rotatable bonds is 7. The molecule has 1 N–H and O–H groups in total. The van der Waals surface area contributed by atoms with Crippen molar-refractivity contribution in [1.82, 2.24) is 14.5 Å². The first-order chi connectivity index (χ1) is 15.9. The number of amides is 1. The number of anilines is 1. The number of hydrogen-bond acceptors (Lipinski definition) is 7. The molecule has 0 radical (unpaired) electrons. The Morgan fingerprint density at radius 3 is 2.76 bits per heavy atom. The average Bonchev–Trinajstić information content (AvgIpc) is 3.23. The van der Waals surface area contributed by atoms with Crippen LogP contribution in [0.15, 0.2) is 58.8 Å². The molecule has 0 saturated carbocycles. The van der Waals surface area contributed by atoms with Gasteiger partial charge in [0.15, 0.2) is 5.13 Å². The minimum absolute atomic E-state index is 0.00761. The number of carbonyl (C=O) groups is 2. The number of ether oxygens (including phenoxy) is 1. The van der Waals surface area contributed by atoms with Crippen LogP contribution in [0.25, 0.3) is 11.0 Å². The van der Waals surface area contributed by atoms with Gasteiger partial charge in [0.25, 0.3) is 11.5 Å². The number of thiazole rings is 1. The van der Waals surface area contributed by atoms with E-state index in [-0.39, 0.29) is 36.1 Å². The zero-order chi connectivity index (χ0) is 23.4. The summed E-state index contributed by atoms with van der Waals surface area (Å²) in [6, 6.07) is 10.7. The standard InChI is InChI=1S/C23H19FN4O4S/c1-2-32-19(29)11-17-13-33-23(26-17)27-21(30)18-10-15-4-3-9-25-20(15)28(22(18)31)12-14-5-7-16(24)8-6-14/h3-10,13H,2,11-12H2,1H3,(H,26,27,30). The van der Waals surface area contributed by atoms with Crippen LogP contribution >= 0.6 is 11.3 Å². The van der Waals surface area contributed by atoms with Crippen molar-refractivity contribution < 1.29 is 18.7 Å². The average molecular weight is 466 g/mol. The lowest BCUT2D eigenvalue weighted by molar-refractivity contribution is -0.142. The topological polar surface area (TPSA) is 103 Å². The van der Waals surface area contributed by atoms with Crippen LogP contribution < -0.4 is 10.9 Å². The molecule has 4 aromatic rings. The maximum atomic E-state index is 13.3. The molecule has 0 aliphatic rings. The normalized spacial score (nSPS) is 10.8. The van der Waals surface area contributed by atoms with Crippen molar-refractivity contribution >= 4 is 39.4 Å². The minimum Gasteiger partial charge on any atom is -0.466 e. The Balaban J connectivity index is 1.64. The molecule has 0 atom stereocenters. The zero-order valence-corrected chi connectivity index (χ0v) is 18.4. The number of aromatic nitrogens is 3. The predicted molar refractivity (Wildman–Crippen MR) is 122 cm³/mol. The number of nitrogens with zero attached hydrogens (tertiary/aromatic N) is 3. The fourth-order valence-corrected chi connectivity index (χ4v) is 3.96. The van der Waals surface area contributed by atoms with Gasteiger partial charge in [-0.3, -0.25) is 24.3 Å². The Labute approximate surface area is 191 Å². The van der Waals surface area contributed by atoms with Crippen LogP contribution in [0.3, 0.4) is 0 Å². The molecule has 0 bridgehead atoms. The highest BCUT2D eigenvalue weighted by Crippen LogP contribution is 2.18. The molecule has 8 nitrogen and oxygen atoms in total. The van der Waals surface area contributed by atoms with Crippen molar-refractivity contribution in [3.63, 3.8) is 0 Å². The second-order valence-corrected chi connectivity index (χ2v) is 7.93. The van der Waals surface area contributed by atoms with Crippen molar-refractivity contribution in [3.8, 4) is 0 Å². The quantitative estimate of drug-likeness (QED) is 0.419. The monoisotopic (exact) mass is 466 g/mol. The van der Waals surface area contributed by atoms with Crippen LogP contribution in [-0.2, 0) is 22.5 Å². The molecule has 0 aliphatic heterocycles. The summed E-state index contributed by atoms with van der Waals surface area (Å²) in [5, 5.41) is 5.13. The second-order valence-electron chi connectivity index (χ2n) is 7.07. The van der Waals surface area contributed by atoms with Crippen LogP contribution in [0, 0.1) is 5.82 Å². The van der Waals surface area contributed by atoms with E-state index < -0.39 is 17.4 Å². The van der Waals surface area contributed by atoms with Crippen molar-refractivity contribution in [1.29, 1.82) is 0 Å². The molecule has 1 aromatic carbocycles. The molecule has 10 heteroatoms. The first kappa shape index (κ1) is 22.3. The van der Waals surface area contributed by atoms with Gasteiger partial charge in [0, 0.05) is 17.0 Å². The predicted octanol–water partition coefficient (Wildman–Crippen LogP) is 3.40. The summed E-state index contributed by atoms with van der Waals surface area (Å²) in [5.74, 6) is -1.42. The van der Waals surface area contributed by atoms with Gasteiger partial charge >= 0.3 is 5.97 Å². The molecule has 0 saturated heterocycles. The SMILES string of the molecule is CCOC(=O)Cc1csc(NC(=O)c2cc3cccnc3n(Cc3ccc(F)cc3)c2=O)n1. The first-order valence-corrected chi connectivity index (χ1v) is 11.0. The molecule has 0 aliphatic carbocycles. The molecule has 0 fully saturated rings. The van der Waals surface area contributed by atoms with Crippen LogP contribution in [0.4, 0.5) is 9.52 Å². The molecule has 33 heavy (non-hydrogen) atoms. The van der Waals surface area contributed by atoms with E-state index in [9.17, 15) is 18.8 Å². The van der Waals surface area contributed by atoms with Gasteiger partial charge in [0.05, 0.1) is 25.3 Å². The van der Waals surface area contributed by atoms with Crippen molar-refractivity contribution in [2.75, 3.05) is 11.9 Å². The van der Waals surface area contributed by atoms with Gasteiger partial charge in [-0.25, -0.2) is 14.4 Å². The van der Waals surface area contributed by atoms with E-state index in [2.05, 4.69) is 15.3 Å². The highest BCUT2D eigenvalue weighted by atomic mass is 32.1. The molecule has 0 unspecified atom stereocenters. The largest absolute Gasteiger partial charge is 0.466 e. The second kappa shape index (κ2) is 9.70. The molecule has 4 rings (SSSR count). The first-order valence-electron chi connectivity index (χ1n) is 10.1. The summed E-state index contributed by atoms with van der Waals surface area (Å²) in [6.07, 6.45) is 1.55. The van der Waals surface area contributed by atoms with Crippen LogP contribution in [0.1, 0.15) is 28.5 Å². The van der Waals surface area contributed by atoms with Crippen molar-refractivity contribution in [2.45, 2.75) is 19.9 Å². The van der Waals surface area contributed by atoms with Gasteiger partial charge in [-0.15, -0.1) is 11.3 Å². The molecule has 168 valence electrons. The van der Waals surface area contributed by atoms with Crippen LogP contribution in [0.5, 0.6) is 0 Å². The fraction of sp³-hybridized carbons (Fsp3) is 0.174. The molecule has 3 aromatic heterocycles. The number of nitrogens with one attached hydrogen (secondary N) is 1. The third kappa shape index (κ3) is 5.12. The van der Waals surface area contributed by atoms with E-state index >= 15 is 0 Å². The zero-order valence-electron chi connectivity index (χ0n) is 17.6. The summed E-state index contributed by atoms with van der Waals surface area (Å²) in [4.78, 5) is 46.3. The van der Waals surface area contributed by atoms with E-state index in [0.29, 0.717) is 22.3 Å². The summed E-state index contributed by atoms with van der Waals surface area (Å²) in [6.45, 7) is 2.11. The van der Waals surface area contributed by atoms with E-state index in [1.807, 2.05) is 0 Å². The Morgan fingerprint density at radius 1 is 1.21 bits per heavy atom. The summed E-state index contributed by atoms with van der Waals surface area (Å²) >= 11 is 1.14. The molecule has 1 amide bonds.